The predicted octanol–water partition coefficient (Wildman–Crippen LogP) is 2.04. The van der Waals surface area contributed by atoms with E-state index in [1.807, 2.05) is 11.0 Å². The molecule has 1 atom stereocenters. The molecule has 0 aliphatic carbocycles. The highest BCUT2D eigenvalue weighted by atomic mass is 16.6. The number of anilines is 1. The van der Waals surface area contributed by atoms with Crippen LogP contribution in [0.3, 0.4) is 0 Å². The van der Waals surface area contributed by atoms with E-state index in [-0.39, 0.29) is 5.69 Å². The summed E-state index contributed by atoms with van der Waals surface area (Å²) in [5.74, 6) is 0. The van der Waals surface area contributed by atoms with Crippen molar-refractivity contribution in [3.8, 4) is 6.07 Å². The van der Waals surface area contributed by atoms with Gasteiger partial charge in [-0.2, -0.15) is 5.26 Å². The Morgan fingerprint density at radius 3 is 3.05 bits per heavy atom. The highest BCUT2D eigenvalue weighted by molar-refractivity contribution is 5.66. The lowest BCUT2D eigenvalue weighted by Crippen LogP contribution is -2.50. The molecule has 0 radical (unpaired) electrons. The third-order valence-electron chi connectivity index (χ3n) is 3.53. The van der Waals surface area contributed by atoms with Crippen LogP contribution in [0.1, 0.15) is 25.3 Å². The molecule has 6 nitrogen and oxygen atoms in total. The van der Waals surface area contributed by atoms with Crippen molar-refractivity contribution >= 4 is 11.4 Å². The molecule has 1 heterocycles. The fourth-order valence-electron chi connectivity index (χ4n) is 2.59. The third kappa shape index (κ3) is 3.06. The summed E-state index contributed by atoms with van der Waals surface area (Å²) >= 11 is 0. The fourth-order valence-corrected chi connectivity index (χ4v) is 2.59. The number of rotatable bonds is 4. The molecule has 0 spiro atoms. The van der Waals surface area contributed by atoms with Gasteiger partial charge in [0.2, 0.25) is 0 Å². The van der Waals surface area contributed by atoms with Gasteiger partial charge in [-0.05, 0) is 18.6 Å². The molecule has 2 rings (SSSR count). The molecule has 106 valence electrons. The first-order valence-corrected chi connectivity index (χ1v) is 6.82. The lowest BCUT2D eigenvalue weighted by atomic mass is 10.1. The number of nitro benzene ring substituents is 1. The van der Waals surface area contributed by atoms with Crippen molar-refractivity contribution in [1.82, 2.24) is 5.32 Å². The summed E-state index contributed by atoms with van der Waals surface area (Å²) < 4.78 is 0. The lowest BCUT2D eigenvalue weighted by Gasteiger charge is -2.35. The van der Waals surface area contributed by atoms with Crippen LogP contribution in [0.15, 0.2) is 18.2 Å². The van der Waals surface area contributed by atoms with Gasteiger partial charge in [0.25, 0.3) is 5.69 Å². The van der Waals surface area contributed by atoms with E-state index in [1.165, 1.54) is 6.07 Å². The zero-order valence-corrected chi connectivity index (χ0v) is 11.5. The van der Waals surface area contributed by atoms with E-state index in [0.717, 1.165) is 32.5 Å². The second-order valence-corrected chi connectivity index (χ2v) is 4.96. The van der Waals surface area contributed by atoms with E-state index in [2.05, 4.69) is 12.2 Å². The number of piperazine rings is 1. The van der Waals surface area contributed by atoms with Crippen LogP contribution >= 0.6 is 0 Å². The molecule has 0 amide bonds. The van der Waals surface area contributed by atoms with Gasteiger partial charge in [0.1, 0.15) is 5.69 Å². The zero-order chi connectivity index (χ0) is 14.5. The Morgan fingerprint density at radius 2 is 2.40 bits per heavy atom. The summed E-state index contributed by atoms with van der Waals surface area (Å²) in [6, 6.07) is 6.99. The van der Waals surface area contributed by atoms with Crippen LogP contribution < -0.4 is 10.2 Å². The first kappa shape index (κ1) is 14.3. The Labute approximate surface area is 118 Å². The van der Waals surface area contributed by atoms with Crippen LogP contribution in [0.5, 0.6) is 0 Å². The van der Waals surface area contributed by atoms with E-state index < -0.39 is 4.92 Å². The van der Waals surface area contributed by atoms with Gasteiger partial charge in [-0.15, -0.1) is 0 Å². The molecule has 1 N–H and O–H groups in total. The van der Waals surface area contributed by atoms with Crippen molar-refractivity contribution in [3.63, 3.8) is 0 Å². The van der Waals surface area contributed by atoms with Gasteiger partial charge in [0, 0.05) is 31.7 Å². The molecule has 0 unspecified atom stereocenters. The van der Waals surface area contributed by atoms with E-state index in [0.29, 0.717) is 17.3 Å². The molecular weight excluding hydrogens is 256 g/mol. The van der Waals surface area contributed by atoms with Crippen LogP contribution in [0.4, 0.5) is 11.4 Å². The average Bonchev–Trinajstić information content (AvgIpc) is 2.47. The quantitative estimate of drug-likeness (QED) is 0.671. The molecule has 1 aliphatic heterocycles. The van der Waals surface area contributed by atoms with Crippen molar-refractivity contribution in [3.05, 3.63) is 33.9 Å². The SMILES string of the molecule is CCC[C@@H]1CN(c2ccc(C#N)cc2[N+](=O)[O-])CCN1. The minimum Gasteiger partial charge on any atom is -0.363 e. The van der Waals surface area contributed by atoms with Gasteiger partial charge < -0.3 is 10.2 Å². The number of hydrogen-bond acceptors (Lipinski definition) is 5. The number of nitro groups is 1. The first-order chi connectivity index (χ1) is 9.65. The lowest BCUT2D eigenvalue weighted by molar-refractivity contribution is -0.384. The van der Waals surface area contributed by atoms with Gasteiger partial charge in [-0.3, -0.25) is 10.1 Å². The summed E-state index contributed by atoms with van der Waals surface area (Å²) in [5.41, 5.74) is 0.943. The van der Waals surface area contributed by atoms with Gasteiger partial charge >= 0.3 is 0 Å². The molecule has 0 bridgehead atoms. The maximum Gasteiger partial charge on any atom is 0.293 e. The van der Waals surface area contributed by atoms with Crippen molar-refractivity contribution in [2.75, 3.05) is 24.5 Å². The standard InChI is InChI=1S/C14H18N4O2/c1-2-3-12-10-17(7-6-16-12)13-5-4-11(9-15)8-14(13)18(19)20/h4-5,8,12,16H,2-3,6-7,10H2,1H3/t12-/m1/s1. The molecule has 1 aromatic carbocycles. The van der Waals surface area contributed by atoms with E-state index >= 15 is 0 Å². The molecule has 0 aromatic heterocycles. The molecule has 0 saturated carbocycles. The van der Waals surface area contributed by atoms with Gasteiger partial charge in [0.05, 0.1) is 16.6 Å². The van der Waals surface area contributed by atoms with Crippen LogP contribution in [-0.2, 0) is 0 Å². The Bertz CT molecular complexity index is 536. The summed E-state index contributed by atoms with van der Waals surface area (Å²) in [4.78, 5) is 12.8. The minimum atomic E-state index is -0.410. The monoisotopic (exact) mass is 274 g/mol. The number of benzene rings is 1. The Balaban J connectivity index is 2.27. The molecule has 1 aliphatic rings. The number of nitrogens with one attached hydrogen (secondary N) is 1. The average molecular weight is 274 g/mol. The predicted molar refractivity (Wildman–Crippen MR) is 76.7 cm³/mol. The summed E-state index contributed by atoms with van der Waals surface area (Å²) in [6.07, 6.45) is 2.14. The highest BCUT2D eigenvalue weighted by Gasteiger charge is 2.25. The summed E-state index contributed by atoms with van der Waals surface area (Å²) in [6.45, 7) is 4.46. The fraction of sp³-hybridized carbons (Fsp3) is 0.500. The molecule has 1 fully saturated rings. The minimum absolute atomic E-state index is 0.0150. The number of hydrogen-bond donors (Lipinski definition) is 1. The van der Waals surface area contributed by atoms with Crippen molar-refractivity contribution in [2.24, 2.45) is 0 Å². The summed E-state index contributed by atoms with van der Waals surface area (Å²) in [5, 5.41) is 23.5. The maximum absolute atomic E-state index is 11.2. The molecule has 6 heteroatoms. The zero-order valence-electron chi connectivity index (χ0n) is 11.5. The van der Waals surface area contributed by atoms with Gasteiger partial charge in [-0.25, -0.2) is 0 Å². The Morgan fingerprint density at radius 1 is 1.60 bits per heavy atom. The van der Waals surface area contributed by atoms with Crippen LogP contribution in [0.25, 0.3) is 0 Å². The molecule has 20 heavy (non-hydrogen) atoms. The number of nitriles is 1. The topological polar surface area (TPSA) is 82.2 Å². The van der Waals surface area contributed by atoms with E-state index in [9.17, 15) is 10.1 Å². The van der Waals surface area contributed by atoms with Crippen LogP contribution in [0.2, 0.25) is 0 Å². The molecule has 1 aromatic rings. The number of nitrogens with zero attached hydrogens (tertiary/aromatic N) is 3. The van der Waals surface area contributed by atoms with Crippen LogP contribution in [-0.4, -0.2) is 30.6 Å². The smallest absolute Gasteiger partial charge is 0.293 e. The van der Waals surface area contributed by atoms with Gasteiger partial charge in [-0.1, -0.05) is 13.3 Å². The molecular formula is C14H18N4O2. The maximum atomic E-state index is 11.2. The van der Waals surface area contributed by atoms with E-state index in [4.69, 9.17) is 5.26 Å². The molecule has 1 saturated heterocycles. The first-order valence-electron chi connectivity index (χ1n) is 6.82. The van der Waals surface area contributed by atoms with Crippen molar-refractivity contribution in [2.45, 2.75) is 25.8 Å². The Kier molecular flexibility index (Phi) is 4.53. The second-order valence-electron chi connectivity index (χ2n) is 4.96. The van der Waals surface area contributed by atoms with Crippen LogP contribution in [0, 0.1) is 21.4 Å². The Hall–Kier alpha value is -2.13. The highest BCUT2D eigenvalue weighted by Crippen LogP contribution is 2.30. The van der Waals surface area contributed by atoms with Crippen molar-refractivity contribution in [1.29, 1.82) is 5.26 Å². The second kappa shape index (κ2) is 6.35. The van der Waals surface area contributed by atoms with Crippen molar-refractivity contribution < 1.29 is 4.92 Å². The van der Waals surface area contributed by atoms with E-state index in [1.54, 1.807) is 12.1 Å². The normalized spacial score (nSPS) is 18.6. The summed E-state index contributed by atoms with van der Waals surface area (Å²) in [7, 11) is 0. The third-order valence-corrected chi connectivity index (χ3v) is 3.53. The van der Waals surface area contributed by atoms with Gasteiger partial charge in [0.15, 0.2) is 0 Å². The largest absolute Gasteiger partial charge is 0.363 e.